The van der Waals surface area contributed by atoms with Crippen molar-refractivity contribution < 1.29 is 19.1 Å². The van der Waals surface area contributed by atoms with Gasteiger partial charge in [0.1, 0.15) is 11.5 Å². The first-order valence-corrected chi connectivity index (χ1v) is 9.76. The molecule has 1 aliphatic rings. The average Bonchev–Trinajstić information content (AvgIpc) is 2.81. The normalized spacial score (nSPS) is 14.9. The molecule has 0 aliphatic carbocycles. The zero-order valence-electron chi connectivity index (χ0n) is 16.4. The summed E-state index contributed by atoms with van der Waals surface area (Å²) >= 11 is 0. The van der Waals surface area contributed by atoms with E-state index < -0.39 is 6.10 Å². The summed E-state index contributed by atoms with van der Waals surface area (Å²) < 4.78 is 11.5. The molecular weight excluding hydrogens is 380 g/mol. The van der Waals surface area contributed by atoms with Crippen LogP contribution in [0.5, 0.6) is 11.5 Å². The quantitative estimate of drug-likeness (QED) is 0.688. The van der Waals surface area contributed by atoms with Gasteiger partial charge < -0.3 is 19.7 Å². The van der Waals surface area contributed by atoms with Gasteiger partial charge in [0.25, 0.3) is 11.8 Å². The lowest BCUT2D eigenvalue weighted by atomic mass is 10.1. The van der Waals surface area contributed by atoms with Gasteiger partial charge >= 0.3 is 0 Å². The first-order chi connectivity index (χ1) is 14.7. The molecule has 0 radical (unpaired) electrons. The highest BCUT2D eigenvalue weighted by molar-refractivity contribution is 5.98. The molecule has 0 fully saturated rings. The zero-order valence-corrected chi connectivity index (χ0v) is 16.4. The van der Waals surface area contributed by atoms with Gasteiger partial charge in [0.15, 0.2) is 12.7 Å². The number of para-hydroxylation sites is 3. The van der Waals surface area contributed by atoms with Crippen molar-refractivity contribution in [2.75, 3.05) is 18.1 Å². The molecule has 3 aromatic rings. The first-order valence-electron chi connectivity index (χ1n) is 9.76. The molecule has 1 atom stereocenters. The van der Waals surface area contributed by atoms with E-state index in [9.17, 15) is 9.59 Å². The molecule has 3 aromatic carbocycles. The summed E-state index contributed by atoms with van der Waals surface area (Å²) in [5.74, 6) is 0.604. The van der Waals surface area contributed by atoms with Crippen molar-refractivity contribution in [3.63, 3.8) is 0 Å². The van der Waals surface area contributed by atoms with Crippen LogP contribution in [0.3, 0.4) is 0 Å². The van der Waals surface area contributed by atoms with E-state index in [4.69, 9.17) is 9.47 Å². The van der Waals surface area contributed by atoms with Crippen LogP contribution in [0, 0.1) is 0 Å². The molecule has 6 heteroatoms. The zero-order chi connectivity index (χ0) is 20.8. The Kier molecular flexibility index (Phi) is 5.94. The fourth-order valence-electron chi connectivity index (χ4n) is 3.25. The number of anilines is 1. The van der Waals surface area contributed by atoms with Crippen LogP contribution < -0.4 is 19.7 Å². The predicted octanol–water partition coefficient (Wildman–Crippen LogP) is 3.18. The topological polar surface area (TPSA) is 67.9 Å². The van der Waals surface area contributed by atoms with Crippen LogP contribution >= 0.6 is 0 Å². The van der Waals surface area contributed by atoms with Crippen LogP contribution in [0.1, 0.15) is 5.56 Å². The van der Waals surface area contributed by atoms with Crippen molar-refractivity contribution in [2.24, 2.45) is 0 Å². The Morgan fingerprint density at radius 1 is 0.933 bits per heavy atom. The highest BCUT2D eigenvalue weighted by Gasteiger charge is 2.33. The number of nitrogens with zero attached hydrogens (tertiary/aromatic N) is 1. The Bertz CT molecular complexity index is 1010. The number of hydrogen-bond acceptors (Lipinski definition) is 4. The molecular formula is C24H22N2O4. The van der Waals surface area contributed by atoms with Crippen molar-refractivity contribution in [2.45, 2.75) is 12.6 Å². The second kappa shape index (κ2) is 9.13. The second-order valence-electron chi connectivity index (χ2n) is 6.88. The molecule has 0 aromatic heterocycles. The fraction of sp³-hybridized carbons (Fsp3) is 0.167. The molecule has 2 amide bonds. The maximum absolute atomic E-state index is 12.9. The lowest BCUT2D eigenvalue weighted by molar-refractivity contribution is -0.128. The van der Waals surface area contributed by atoms with Crippen molar-refractivity contribution in [3.05, 3.63) is 90.5 Å². The van der Waals surface area contributed by atoms with Crippen LogP contribution in [0.15, 0.2) is 84.9 Å². The van der Waals surface area contributed by atoms with E-state index in [0.29, 0.717) is 23.7 Å². The number of carbonyl (C=O) groups is 2. The highest BCUT2D eigenvalue weighted by Crippen LogP contribution is 2.33. The first kappa shape index (κ1) is 19.5. The Balaban J connectivity index is 1.44. The Morgan fingerprint density at radius 2 is 1.60 bits per heavy atom. The van der Waals surface area contributed by atoms with Crippen molar-refractivity contribution in [3.8, 4) is 11.5 Å². The summed E-state index contributed by atoms with van der Waals surface area (Å²) in [7, 11) is 0. The van der Waals surface area contributed by atoms with E-state index in [-0.39, 0.29) is 25.0 Å². The van der Waals surface area contributed by atoms with E-state index in [0.717, 1.165) is 5.56 Å². The number of hydrogen-bond donors (Lipinski definition) is 1. The number of rotatable bonds is 6. The van der Waals surface area contributed by atoms with E-state index in [1.54, 1.807) is 29.2 Å². The second-order valence-corrected chi connectivity index (χ2v) is 6.88. The van der Waals surface area contributed by atoms with Gasteiger partial charge in [0.05, 0.1) is 12.2 Å². The standard InChI is InChI=1S/C24H22N2O4/c27-23(17-29-19-11-5-2-6-12-19)26-16-22(30-21-14-8-7-13-20(21)26)24(28)25-15-18-9-3-1-4-10-18/h1-14,22H,15-17H2,(H,25,28)/t22-/m1/s1. The summed E-state index contributed by atoms with van der Waals surface area (Å²) in [5, 5.41) is 2.88. The molecule has 1 heterocycles. The van der Waals surface area contributed by atoms with Crippen LogP contribution in [0.4, 0.5) is 5.69 Å². The minimum Gasteiger partial charge on any atom is -0.484 e. The lowest BCUT2D eigenvalue weighted by Gasteiger charge is -2.34. The summed E-state index contributed by atoms with van der Waals surface area (Å²) in [6.45, 7) is 0.386. The summed E-state index contributed by atoms with van der Waals surface area (Å²) in [6.07, 6.45) is -0.802. The molecule has 0 bridgehead atoms. The van der Waals surface area contributed by atoms with Gasteiger partial charge in [-0.25, -0.2) is 0 Å². The molecule has 1 aliphatic heterocycles. The molecule has 0 saturated heterocycles. The predicted molar refractivity (Wildman–Crippen MR) is 113 cm³/mol. The largest absolute Gasteiger partial charge is 0.484 e. The molecule has 30 heavy (non-hydrogen) atoms. The number of carbonyl (C=O) groups excluding carboxylic acids is 2. The molecule has 152 valence electrons. The smallest absolute Gasteiger partial charge is 0.265 e. The molecule has 0 spiro atoms. The molecule has 0 saturated carbocycles. The molecule has 6 nitrogen and oxygen atoms in total. The Labute approximate surface area is 175 Å². The molecule has 0 unspecified atom stereocenters. The molecule has 4 rings (SSSR count). The highest BCUT2D eigenvalue weighted by atomic mass is 16.5. The van der Waals surface area contributed by atoms with Crippen molar-refractivity contribution in [1.29, 1.82) is 0 Å². The van der Waals surface area contributed by atoms with E-state index >= 15 is 0 Å². The van der Waals surface area contributed by atoms with Gasteiger partial charge in [0, 0.05) is 6.54 Å². The number of nitrogens with one attached hydrogen (secondary N) is 1. The SMILES string of the molecule is O=C(NCc1ccccc1)[C@H]1CN(C(=O)COc2ccccc2)c2ccccc2O1. The average molecular weight is 402 g/mol. The third kappa shape index (κ3) is 4.60. The maximum atomic E-state index is 12.9. The maximum Gasteiger partial charge on any atom is 0.265 e. The number of benzene rings is 3. The minimum atomic E-state index is -0.802. The van der Waals surface area contributed by atoms with Gasteiger partial charge in [-0.15, -0.1) is 0 Å². The summed E-state index contributed by atoms with van der Waals surface area (Å²) in [6, 6.07) is 26.0. The number of ether oxygens (including phenoxy) is 2. The molecule has 1 N–H and O–H groups in total. The van der Waals surface area contributed by atoms with Gasteiger partial charge in [0.2, 0.25) is 0 Å². The van der Waals surface area contributed by atoms with Crippen LogP contribution in [0.25, 0.3) is 0 Å². The number of amides is 2. The van der Waals surface area contributed by atoms with E-state index in [1.807, 2.05) is 60.7 Å². The lowest BCUT2D eigenvalue weighted by Crippen LogP contribution is -2.51. The van der Waals surface area contributed by atoms with Crippen molar-refractivity contribution >= 4 is 17.5 Å². The van der Waals surface area contributed by atoms with Crippen molar-refractivity contribution in [1.82, 2.24) is 5.32 Å². The minimum absolute atomic E-state index is 0.120. The fourth-order valence-corrected chi connectivity index (χ4v) is 3.25. The van der Waals surface area contributed by atoms with E-state index in [1.165, 1.54) is 0 Å². The van der Waals surface area contributed by atoms with Gasteiger partial charge in [-0.1, -0.05) is 60.7 Å². The van der Waals surface area contributed by atoms with Crippen LogP contribution in [-0.4, -0.2) is 31.1 Å². The summed E-state index contributed by atoms with van der Waals surface area (Å²) in [5.41, 5.74) is 1.62. The summed E-state index contributed by atoms with van der Waals surface area (Å²) in [4.78, 5) is 27.2. The third-order valence-electron chi connectivity index (χ3n) is 4.78. The van der Waals surface area contributed by atoms with Crippen LogP contribution in [0.2, 0.25) is 0 Å². The van der Waals surface area contributed by atoms with Gasteiger partial charge in [-0.3, -0.25) is 9.59 Å². The van der Waals surface area contributed by atoms with E-state index in [2.05, 4.69) is 5.32 Å². The Hall–Kier alpha value is -3.80. The monoisotopic (exact) mass is 402 g/mol. The third-order valence-corrected chi connectivity index (χ3v) is 4.78. The van der Waals surface area contributed by atoms with Gasteiger partial charge in [-0.2, -0.15) is 0 Å². The van der Waals surface area contributed by atoms with Gasteiger partial charge in [-0.05, 0) is 29.8 Å². The number of fused-ring (bicyclic) bond motifs is 1. The van der Waals surface area contributed by atoms with Crippen LogP contribution in [-0.2, 0) is 16.1 Å². The Morgan fingerprint density at radius 3 is 2.37 bits per heavy atom.